The van der Waals surface area contributed by atoms with Gasteiger partial charge in [-0.05, 0) is 12.8 Å². The third-order valence-corrected chi connectivity index (χ3v) is 21.1. The van der Waals surface area contributed by atoms with E-state index in [1.807, 2.05) is 21.1 Å². The number of nitrogens with one attached hydrogen (secondary N) is 1. The molecule has 0 spiro atoms. The van der Waals surface area contributed by atoms with Gasteiger partial charge in [-0.1, -0.05) is 450 Å². The van der Waals surface area contributed by atoms with E-state index in [0.717, 1.165) is 38.5 Å². The summed E-state index contributed by atoms with van der Waals surface area (Å²) < 4.78 is 24.0. The van der Waals surface area contributed by atoms with Crippen LogP contribution in [0.25, 0.3) is 0 Å². The molecule has 0 saturated heterocycles. The number of unbranched alkanes of at least 4 members (excludes halogenated alkanes) is 67. The van der Waals surface area contributed by atoms with Crippen molar-refractivity contribution in [3.8, 4) is 0 Å². The van der Waals surface area contributed by atoms with Gasteiger partial charge in [-0.15, -0.1) is 0 Å². The molecule has 0 saturated carbocycles. The Hall–Kier alpha value is -0.500. The van der Waals surface area contributed by atoms with Crippen molar-refractivity contribution in [1.82, 2.24) is 5.32 Å². The van der Waals surface area contributed by atoms with Crippen LogP contribution in [-0.2, 0) is 18.4 Å². The minimum atomic E-state index is -4.33. The van der Waals surface area contributed by atoms with E-state index in [1.54, 1.807) is 0 Å². The zero-order valence-electron chi connectivity index (χ0n) is 62.9. The first-order valence-corrected chi connectivity index (χ1v) is 43.4. The summed E-state index contributed by atoms with van der Waals surface area (Å²) in [5.41, 5.74) is 0. The lowest BCUT2D eigenvalue weighted by Gasteiger charge is -2.26. The summed E-state index contributed by atoms with van der Waals surface area (Å²) in [7, 11) is 1.65. The first-order valence-electron chi connectivity index (χ1n) is 41.9. The quantitative estimate of drug-likeness (QED) is 0.0318. The Morgan fingerprint density at radius 1 is 0.330 bits per heavy atom. The van der Waals surface area contributed by atoms with E-state index >= 15 is 0 Å². The standard InChI is InChI=1S/C82H167N2O6P/c1-6-8-10-12-14-16-18-20-22-24-26-28-30-32-34-36-38-39-40-41-42-43-44-45-46-48-50-52-54-56-58-60-62-64-66-68-70-72-74-76-82(86)83-80(79-90-91(87,88)89-78-77-84(3,4)5)81(85)75-73-71-69-67-65-63-61-59-57-55-53-51-49-47-37-35-33-31-29-27-25-23-21-19-17-15-13-11-9-7-2/h80-81,85H,6-79H2,1-5H3,(H-,83,86,87,88)/p+1. The Labute approximate surface area is 571 Å². The number of hydrogen-bond acceptors (Lipinski definition) is 5. The van der Waals surface area contributed by atoms with Crippen molar-refractivity contribution >= 4 is 13.7 Å². The number of carbonyl (C=O) groups is 1. The van der Waals surface area contributed by atoms with Crippen molar-refractivity contribution in [2.45, 2.75) is 482 Å². The molecule has 9 heteroatoms. The van der Waals surface area contributed by atoms with Gasteiger partial charge in [-0.2, -0.15) is 0 Å². The van der Waals surface area contributed by atoms with E-state index < -0.39 is 20.0 Å². The van der Waals surface area contributed by atoms with Gasteiger partial charge in [0.05, 0.1) is 39.9 Å². The Kier molecular flexibility index (Phi) is 73.3. The Balaban J connectivity index is 3.85. The molecule has 3 unspecified atom stereocenters. The number of carbonyl (C=O) groups excluding carboxylic acids is 1. The highest BCUT2D eigenvalue weighted by molar-refractivity contribution is 7.47. The second-order valence-corrected chi connectivity index (χ2v) is 32.0. The fourth-order valence-corrected chi connectivity index (χ4v) is 14.4. The molecule has 0 bridgehead atoms. The van der Waals surface area contributed by atoms with Gasteiger partial charge in [-0.3, -0.25) is 13.8 Å². The predicted molar refractivity (Wildman–Crippen MR) is 402 cm³/mol. The van der Waals surface area contributed by atoms with E-state index in [1.165, 1.54) is 405 Å². The Bertz CT molecular complexity index is 1440. The molecule has 0 heterocycles. The van der Waals surface area contributed by atoms with Crippen molar-refractivity contribution in [3.05, 3.63) is 0 Å². The summed E-state index contributed by atoms with van der Waals surface area (Å²) in [5, 5.41) is 14.2. The van der Waals surface area contributed by atoms with Crippen LogP contribution in [0.1, 0.15) is 470 Å². The summed E-state index contributed by atoms with van der Waals surface area (Å²) in [6, 6.07) is -0.758. The zero-order valence-corrected chi connectivity index (χ0v) is 63.8. The third kappa shape index (κ3) is 76.7. The molecule has 0 fully saturated rings. The molecule has 0 aliphatic heterocycles. The van der Waals surface area contributed by atoms with Crippen LogP contribution in [0.15, 0.2) is 0 Å². The zero-order chi connectivity index (χ0) is 66.2. The maximum Gasteiger partial charge on any atom is 0.472 e. The van der Waals surface area contributed by atoms with Crippen LogP contribution >= 0.6 is 7.82 Å². The maximum atomic E-state index is 13.1. The van der Waals surface area contributed by atoms with Crippen LogP contribution in [0.5, 0.6) is 0 Å². The maximum absolute atomic E-state index is 13.1. The molecule has 3 atom stereocenters. The van der Waals surface area contributed by atoms with Crippen LogP contribution in [0.3, 0.4) is 0 Å². The summed E-state index contributed by atoms with van der Waals surface area (Å²) in [6.07, 6.45) is 95.7. The molecular formula is C82H168N2O6P+. The van der Waals surface area contributed by atoms with E-state index in [0.29, 0.717) is 23.9 Å². The van der Waals surface area contributed by atoms with Crippen molar-refractivity contribution in [2.24, 2.45) is 0 Å². The number of nitrogens with zero attached hydrogens (tertiary/aromatic N) is 1. The van der Waals surface area contributed by atoms with Gasteiger partial charge in [0.1, 0.15) is 13.2 Å². The predicted octanol–water partition coefficient (Wildman–Crippen LogP) is 27.4. The van der Waals surface area contributed by atoms with Crippen LogP contribution in [-0.4, -0.2) is 73.4 Å². The van der Waals surface area contributed by atoms with Gasteiger partial charge in [0, 0.05) is 6.42 Å². The summed E-state index contributed by atoms with van der Waals surface area (Å²) in [6.45, 7) is 4.98. The Morgan fingerprint density at radius 2 is 0.527 bits per heavy atom. The van der Waals surface area contributed by atoms with Gasteiger partial charge in [-0.25, -0.2) is 4.57 Å². The van der Waals surface area contributed by atoms with Crippen LogP contribution in [0.4, 0.5) is 0 Å². The van der Waals surface area contributed by atoms with Gasteiger partial charge in [0.25, 0.3) is 0 Å². The van der Waals surface area contributed by atoms with Crippen molar-refractivity contribution in [1.29, 1.82) is 0 Å². The lowest BCUT2D eigenvalue weighted by molar-refractivity contribution is -0.870. The normalized spacial score (nSPS) is 13.4. The molecule has 0 aromatic rings. The van der Waals surface area contributed by atoms with Crippen molar-refractivity contribution < 1.29 is 32.9 Å². The molecule has 0 aliphatic carbocycles. The molecule has 0 rings (SSSR count). The average Bonchev–Trinajstić information content (AvgIpc) is 3.58. The first kappa shape index (κ1) is 90.5. The molecule has 91 heavy (non-hydrogen) atoms. The minimum Gasteiger partial charge on any atom is -0.391 e. The van der Waals surface area contributed by atoms with Crippen molar-refractivity contribution in [3.63, 3.8) is 0 Å². The largest absolute Gasteiger partial charge is 0.472 e. The highest BCUT2D eigenvalue weighted by Gasteiger charge is 2.28. The number of aliphatic hydroxyl groups excluding tert-OH is 1. The van der Waals surface area contributed by atoms with E-state index in [2.05, 4.69) is 19.2 Å². The molecular weight excluding hydrogens is 1140 g/mol. The van der Waals surface area contributed by atoms with E-state index in [9.17, 15) is 19.4 Å². The summed E-state index contributed by atoms with van der Waals surface area (Å²) >= 11 is 0. The van der Waals surface area contributed by atoms with Gasteiger partial charge in [0.2, 0.25) is 5.91 Å². The molecule has 0 aromatic carbocycles. The van der Waals surface area contributed by atoms with Gasteiger partial charge >= 0.3 is 7.82 Å². The van der Waals surface area contributed by atoms with Crippen LogP contribution in [0, 0.1) is 0 Å². The molecule has 0 radical (unpaired) electrons. The monoisotopic (exact) mass is 1310 g/mol. The lowest BCUT2D eigenvalue weighted by Crippen LogP contribution is -2.46. The molecule has 8 nitrogen and oxygen atoms in total. The minimum absolute atomic E-state index is 0.0797. The number of aliphatic hydroxyl groups is 1. The number of phosphoric ester groups is 1. The number of hydrogen-bond donors (Lipinski definition) is 3. The molecule has 0 aromatic heterocycles. The molecule has 0 aliphatic rings. The topological polar surface area (TPSA) is 105 Å². The third-order valence-electron chi connectivity index (χ3n) is 20.1. The number of quaternary nitrogens is 1. The van der Waals surface area contributed by atoms with E-state index in [4.69, 9.17) is 9.05 Å². The highest BCUT2D eigenvalue weighted by Crippen LogP contribution is 2.43. The van der Waals surface area contributed by atoms with Crippen LogP contribution < -0.4 is 5.32 Å². The van der Waals surface area contributed by atoms with Gasteiger partial charge in [0.15, 0.2) is 0 Å². The number of likely N-dealkylation sites (N-methyl/N-ethyl adjacent to an activating group) is 1. The summed E-state index contributed by atoms with van der Waals surface area (Å²) in [5.74, 6) is -0.131. The smallest absolute Gasteiger partial charge is 0.391 e. The average molecular weight is 1310 g/mol. The molecule has 546 valence electrons. The second-order valence-electron chi connectivity index (χ2n) is 30.6. The van der Waals surface area contributed by atoms with E-state index in [-0.39, 0.29) is 19.1 Å². The second kappa shape index (κ2) is 73.7. The van der Waals surface area contributed by atoms with Crippen LogP contribution in [0.2, 0.25) is 0 Å². The fourth-order valence-electron chi connectivity index (χ4n) is 13.6. The highest BCUT2D eigenvalue weighted by atomic mass is 31.2. The first-order chi connectivity index (χ1) is 44.5. The van der Waals surface area contributed by atoms with Gasteiger partial charge < -0.3 is 19.8 Å². The number of rotatable bonds is 80. The summed E-state index contributed by atoms with van der Waals surface area (Å²) in [4.78, 5) is 23.5. The SMILES string of the molecule is CCCCCCCCCCCCCCCCCCCCCCCCCCCCCCCCCCCCCCCCCC(=O)NC(COP(=O)(O)OCC[N+](C)(C)C)C(O)CCCCCCCCCCCCCCCCCCCCCCCCCCCCCCCC. The Morgan fingerprint density at radius 3 is 0.736 bits per heavy atom. The molecule has 1 amide bonds. The number of phosphoric acid groups is 1. The molecule has 3 N–H and O–H groups in total. The lowest BCUT2D eigenvalue weighted by atomic mass is 10.0. The fraction of sp³-hybridized carbons (Fsp3) is 0.988. The number of amides is 1. The van der Waals surface area contributed by atoms with Crippen molar-refractivity contribution in [2.75, 3.05) is 40.9 Å².